The van der Waals surface area contributed by atoms with Crippen LogP contribution in [0.4, 0.5) is 0 Å². The molecule has 3 aromatic rings. The smallest absolute Gasteiger partial charge is 0.210 e. The molecule has 2 aromatic carbocycles. The van der Waals surface area contributed by atoms with E-state index in [9.17, 15) is 0 Å². The fourth-order valence-corrected chi connectivity index (χ4v) is 3.96. The summed E-state index contributed by atoms with van der Waals surface area (Å²) in [5.41, 5.74) is 3.21. The zero-order valence-electron chi connectivity index (χ0n) is 13.4. The Kier molecular flexibility index (Phi) is 6.59. The fraction of sp³-hybridized carbons (Fsp3) is 0.167. The molecule has 0 spiro atoms. The molecule has 0 aliphatic carbocycles. The summed E-state index contributed by atoms with van der Waals surface area (Å²) in [7, 11) is 0. The lowest BCUT2D eigenvalue weighted by atomic mass is 10.2. The van der Waals surface area contributed by atoms with E-state index in [0.29, 0.717) is 5.16 Å². The Morgan fingerprint density at radius 1 is 0.760 bits per heavy atom. The van der Waals surface area contributed by atoms with Crippen LogP contribution in [-0.2, 0) is 11.5 Å². The Labute approximate surface area is 165 Å². The Morgan fingerprint density at radius 3 is 1.84 bits per heavy atom. The third-order valence-corrected chi connectivity index (χ3v) is 5.91. The van der Waals surface area contributed by atoms with Gasteiger partial charge in [-0.05, 0) is 42.3 Å². The van der Waals surface area contributed by atoms with Gasteiger partial charge < -0.3 is 0 Å². The zero-order valence-corrected chi connectivity index (χ0v) is 16.6. The van der Waals surface area contributed by atoms with Crippen molar-refractivity contribution in [3.8, 4) is 0 Å². The van der Waals surface area contributed by atoms with E-state index in [4.69, 9.17) is 23.2 Å². The van der Waals surface area contributed by atoms with Crippen LogP contribution in [-0.4, -0.2) is 15.2 Å². The summed E-state index contributed by atoms with van der Waals surface area (Å²) in [5.74, 6) is 1.60. The van der Waals surface area contributed by atoms with Crippen molar-refractivity contribution in [2.45, 2.75) is 28.6 Å². The summed E-state index contributed by atoms with van der Waals surface area (Å²) < 4.78 is 0. The predicted molar refractivity (Wildman–Crippen MR) is 107 cm³/mol. The van der Waals surface area contributed by atoms with Crippen LogP contribution in [0.25, 0.3) is 0 Å². The molecule has 0 aliphatic rings. The Bertz CT molecular complexity index is 840. The van der Waals surface area contributed by atoms with Crippen molar-refractivity contribution in [3.05, 3.63) is 75.4 Å². The van der Waals surface area contributed by atoms with E-state index in [1.807, 2.05) is 55.5 Å². The average molecular weight is 408 g/mol. The number of benzene rings is 2. The van der Waals surface area contributed by atoms with Crippen molar-refractivity contribution in [1.29, 1.82) is 0 Å². The molecule has 1 aromatic heterocycles. The van der Waals surface area contributed by atoms with Crippen LogP contribution in [0.1, 0.15) is 16.8 Å². The number of hydrogen-bond acceptors (Lipinski definition) is 5. The summed E-state index contributed by atoms with van der Waals surface area (Å²) in [4.78, 5) is 4.64. The number of aromatic nitrogens is 3. The SMILES string of the molecule is Cc1nnc(SCc2ccc(Cl)cc2)nc1SCc1ccc(Cl)cc1. The van der Waals surface area contributed by atoms with Gasteiger partial charge in [-0.25, -0.2) is 4.98 Å². The molecule has 7 heteroatoms. The molecule has 0 atom stereocenters. The molecule has 0 aliphatic heterocycles. The van der Waals surface area contributed by atoms with Crippen LogP contribution >= 0.6 is 46.7 Å². The maximum Gasteiger partial charge on any atom is 0.210 e. The van der Waals surface area contributed by atoms with Gasteiger partial charge in [0.15, 0.2) is 0 Å². The molecule has 128 valence electrons. The third kappa shape index (κ3) is 5.61. The van der Waals surface area contributed by atoms with E-state index in [-0.39, 0.29) is 0 Å². The minimum atomic E-state index is 0.680. The third-order valence-electron chi connectivity index (χ3n) is 3.36. The zero-order chi connectivity index (χ0) is 17.6. The lowest BCUT2D eigenvalue weighted by molar-refractivity contribution is 0.754. The van der Waals surface area contributed by atoms with Crippen LogP contribution < -0.4 is 0 Å². The monoisotopic (exact) mass is 407 g/mol. The van der Waals surface area contributed by atoms with Gasteiger partial charge in [0.1, 0.15) is 5.03 Å². The lowest BCUT2D eigenvalue weighted by Gasteiger charge is -2.06. The van der Waals surface area contributed by atoms with E-state index in [1.165, 1.54) is 11.1 Å². The summed E-state index contributed by atoms with van der Waals surface area (Å²) in [6.45, 7) is 1.93. The highest BCUT2D eigenvalue weighted by Crippen LogP contribution is 2.26. The molecule has 0 amide bonds. The quantitative estimate of drug-likeness (QED) is 0.463. The molecule has 0 unspecified atom stereocenters. The van der Waals surface area contributed by atoms with E-state index in [1.54, 1.807) is 23.5 Å². The minimum Gasteiger partial charge on any atom is -0.213 e. The first-order chi connectivity index (χ1) is 12.1. The van der Waals surface area contributed by atoms with Crippen LogP contribution in [0.2, 0.25) is 10.0 Å². The topological polar surface area (TPSA) is 38.7 Å². The summed E-state index contributed by atoms with van der Waals surface area (Å²) in [5, 5.41) is 11.5. The van der Waals surface area contributed by atoms with Gasteiger partial charge in [-0.15, -0.1) is 5.10 Å². The predicted octanol–water partition coefficient (Wildman–Crippen LogP) is 6.07. The standard InChI is InChI=1S/C18H15Cl2N3S2/c1-12-17(24-10-13-2-6-15(19)7-3-13)21-18(23-22-12)25-11-14-4-8-16(20)9-5-14/h2-9H,10-11H2,1H3. The molecular weight excluding hydrogens is 393 g/mol. The number of halogens is 2. The maximum absolute atomic E-state index is 5.92. The summed E-state index contributed by atoms with van der Waals surface area (Å²) in [6.07, 6.45) is 0. The first-order valence-corrected chi connectivity index (χ1v) is 10.3. The first-order valence-electron chi connectivity index (χ1n) is 7.56. The van der Waals surface area contributed by atoms with Gasteiger partial charge >= 0.3 is 0 Å². The van der Waals surface area contributed by atoms with Gasteiger partial charge in [-0.2, -0.15) is 5.10 Å². The lowest BCUT2D eigenvalue weighted by Crippen LogP contribution is -1.98. The van der Waals surface area contributed by atoms with Crippen LogP contribution in [0.3, 0.4) is 0 Å². The van der Waals surface area contributed by atoms with Gasteiger partial charge in [-0.3, -0.25) is 0 Å². The molecule has 3 rings (SSSR count). The van der Waals surface area contributed by atoms with E-state index in [2.05, 4.69) is 15.2 Å². The normalized spacial score (nSPS) is 10.8. The second kappa shape index (κ2) is 8.90. The van der Waals surface area contributed by atoms with Gasteiger partial charge in [0.2, 0.25) is 5.16 Å². The summed E-state index contributed by atoms with van der Waals surface area (Å²) >= 11 is 15.1. The largest absolute Gasteiger partial charge is 0.213 e. The van der Waals surface area contributed by atoms with Crippen LogP contribution in [0.15, 0.2) is 58.7 Å². The van der Waals surface area contributed by atoms with Crippen molar-refractivity contribution in [2.75, 3.05) is 0 Å². The summed E-state index contributed by atoms with van der Waals surface area (Å²) in [6, 6.07) is 15.6. The Hall–Kier alpha value is -1.27. The molecule has 0 bridgehead atoms. The highest BCUT2D eigenvalue weighted by molar-refractivity contribution is 7.99. The molecule has 3 nitrogen and oxygen atoms in total. The second-order valence-electron chi connectivity index (χ2n) is 5.32. The average Bonchev–Trinajstić information content (AvgIpc) is 2.62. The van der Waals surface area contributed by atoms with E-state index >= 15 is 0 Å². The van der Waals surface area contributed by atoms with Crippen LogP contribution in [0.5, 0.6) is 0 Å². The highest BCUT2D eigenvalue weighted by Gasteiger charge is 2.08. The van der Waals surface area contributed by atoms with E-state index in [0.717, 1.165) is 32.3 Å². The minimum absolute atomic E-state index is 0.680. The molecule has 25 heavy (non-hydrogen) atoms. The molecular formula is C18H15Cl2N3S2. The van der Waals surface area contributed by atoms with Crippen molar-refractivity contribution in [3.63, 3.8) is 0 Å². The highest BCUT2D eigenvalue weighted by atomic mass is 35.5. The van der Waals surface area contributed by atoms with Crippen molar-refractivity contribution in [1.82, 2.24) is 15.2 Å². The molecule has 0 saturated carbocycles. The number of thioether (sulfide) groups is 2. The first kappa shape index (κ1) is 18.5. The van der Waals surface area contributed by atoms with Gasteiger partial charge in [0.25, 0.3) is 0 Å². The molecule has 0 radical (unpaired) electrons. The number of aryl methyl sites for hydroxylation is 1. The maximum atomic E-state index is 5.92. The molecule has 0 fully saturated rings. The fourth-order valence-electron chi connectivity index (χ4n) is 2.01. The van der Waals surface area contributed by atoms with E-state index < -0.39 is 0 Å². The molecule has 0 N–H and O–H groups in total. The Morgan fingerprint density at radius 2 is 1.28 bits per heavy atom. The molecule has 1 heterocycles. The van der Waals surface area contributed by atoms with Crippen LogP contribution in [0, 0.1) is 6.92 Å². The van der Waals surface area contributed by atoms with Gasteiger partial charge in [0, 0.05) is 21.6 Å². The molecule has 0 saturated heterocycles. The number of hydrogen-bond donors (Lipinski definition) is 0. The van der Waals surface area contributed by atoms with Gasteiger partial charge in [-0.1, -0.05) is 71.0 Å². The number of nitrogens with zero attached hydrogens (tertiary/aromatic N) is 3. The number of rotatable bonds is 6. The Balaban J connectivity index is 1.63. The van der Waals surface area contributed by atoms with Crippen molar-refractivity contribution in [2.24, 2.45) is 0 Å². The van der Waals surface area contributed by atoms with Gasteiger partial charge in [0.05, 0.1) is 5.69 Å². The second-order valence-corrected chi connectivity index (χ2v) is 8.09. The van der Waals surface area contributed by atoms with Crippen molar-refractivity contribution >= 4 is 46.7 Å². The van der Waals surface area contributed by atoms with Crippen molar-refractivity contribution < 1.29 is 0 Å².